The minimum Gasteiger partial charge on any atom is -0.474 e. The number of aromatic nitrogens is 2. The summed E-state index contributed by atoms with van der Waals surface area (Å²) in [6.07, 6.45) is 2.11. The van der Waals surface area contributed by atoms with Crippen LogP contribution in [0.5, 0.6) is 5.88 Å². The van der Waals surface area contributed by atoms with E-state index in [4.69, 9.17) is 20.9 Å². The van der Waals surface area contributed by atoms with Crippen LogP contribution in [0.25, 0.3) is 21.9 Å². The van der Waals surface area contributed by atoms with Crippen molar-refractivity contribution in [3.05, 3.63) is 35.9 Å². The summed E-state index contributed by atoms with van der Waals surface area (Å²) in [6.45, 7) is 4.07. The van der Waals surface area contributed by atoms with Crippen LogP contribution in [-0.2, 0) is 4.74 Å². The molecule has 160 valence electrons. The average molecular weight is 424 g/mol. The van der Waals surface area contributed by atoms with Crippen molar-refractivity contribution in [2.24, 2.45) is 5.73 Å². The Bertz CT molecular complexity index is 1210. The normalized spacial score (nSPS) is 15.6. The maximum atomic E-state index is 15.2. The van der Waals surface area contributed by atoms with Crippen LogP contribution < -0.4 is 26.4 Å². The lowest BCUT2D eigenvalue weighted by atomic mass is 9.97. The fraction of sp³-hybridized carbons (Fsp3) is 0.286. The number of pyridine rings is 2. The van der Waals surface area contributed by atoms with Gasteiger partial charge >= 0.3 is 6.09 Å². The molecule has 2 aromatic heterocycles. The Morgan fingerprint density at radius 2 is 2.10 bits per heavy atom. The molecule has 5 rings (SSSR count). The molecule has 0 saturated carbocycles. The molecule has 1 aromatic carbocycles. The third kappa shape index (κ3) is 3.20. The second-order valence-corrected chi connectivity index (χ2v) is 7.63. The number of rotatable bonds is 3. The van der Waals surface area contributed by atoms with Crippen molar-refractivity contribution < 1.29 is 18.7 Å². The van der Waals surface area contributed by atoms with E-state index >= 15 is 4.39 Å². The summed E-state index contributed by atoms with van der Waals surface area (Å²) in [5, 5.41) is 4.54. The van der Waals surface area contributed by atoms with Crippen LogP contribution in [0.15, 0.2) is 24.5 Å². The number of nitrogens with two attached hydrogens (primary N) is 2. The van der Waals surface area contributed by atoms with E-state index in [0.29, 0.717) is 54.5 Å². The second-order valence-electron chi connectivity index (χ2n) is 7.63. The van der Waals surface area contributed by atoms with E-state index in [2.05, 4.69) is 15.3 Å². The third-order valence-electron chi connectivity index (χ3n) is 5.68. The van der Waals surface area contributed by atoms with E-state index < -0.39 is 11.9 Å². The highest BCUT2D eigenvalue weighted by Crippen LogP contribution is 2.40. The van der Waals surface area contributed by atoms with Crippen molar-refractivity contribution in [2.45, 2.75) is 13.0 Å². The number of nitrogens with zero attached hydrogens (tertiary/aromatic N) is 3. The van der Waals surface area contributed by atoms with Crippen LogP contribution in [0.2, 0.25) is 0 Å². The monoisotopic (exact) mass is 424 g/mol. The zero-order valence-corrected chi connectivity index (χ0v) is 16.8. The molecule has 0 radical (unpaired) electrons. The molecule has 0 unspecified atom stereocenters. The molecule has 1 saturated heterocycles. The Kier molecular flexibility index (Phi) is 4.42. The van der Waals surface area contributed by atoms with Crippen LogP contribution in [0, 0.1) is 12.7 Å². The van der Waals surface area contributed by atoms with Crippen molar-refractivity contribution in [1.82, 2.24) is 9.97 Å². The molecule has 0 bridgehead atoms. The summed E-state index contributed by atoms with van der Waals surface area (Å²) in [5.74, 6) is 0.685. The molecule has 10 heteroatoms. The maximum Gasteiger partial charge on any atom is 0.404 e. The molecule has 3 aromatic rings. The van der Waals surface area contributed by atoms with E-state index in [0.717, 1.165) is 16.6 Å². The maximum absolute atomic E-state index is 15.2. The summed E-state index contributed by atoms with van der Waals surface area (Å²) in [5.41, 5.74) is 13.8. The van der Waals surface area contributed by atoms with E-state index in [1.807, 2.05) is 17.9 Å². The van der Waals surface area contributed by atoms with E-state index in [9.17, 15) is 4.79 Å². The summed E-state index contributed by atoms with van der Waals surface area (Å²) in [4.78, 5) is 21.6. The Balaban J connectivity index is 1.54. The lowest BCUT2D eigenvalue weighted by Crippen LogP contribution is -2.53. The quantitative estimate of drug-likeness (QED) is 0.547. The Morgan fingerprint density at radius 1 is 1.29 bits per heavy atom. The topological polar surface area (TPSA) is 129 Å². The SMILES string of the molecule is Cc1c(-c2cc3cc(N4CC(OC(N)=O)C4)ncc3c(N)c2F)cnc2c1NCCO2. The van der Waals surface area contributed by atoms with E-state index in [-0.39, 0.29) is 11.8 Å². The van der Waals surface area contributed by atoms with Gasteiger partial charge in [-0.05, 0) is 30.0 Å². The van der Waals surface area contributed by atoms with Gasteiger partial charge in [-0.3, -0.25) is 0 Å². The predicted molar refractivity (Wildman–Crippen MR) is 115 cm³/mol. The van der Waals surface area contributed by atoms with Gasteiger partial charge in [-0.1, -0.05) is 0 Å². The molecule has 4 heterocycles. The molecule has 0 spiro atoms. The fourth-order valence-electron chi connectivity index (χ4n) is 4.01. The van der Waals surface area contributed by atoms with Crippen LogP contribution in [-0.4, -0.2) is 48.4 Å². The largest absolute Gasteiger partial charge is 0.474 e. The number of ether oxygens (including phenoxy) is 2. The van der Waals surface area contributed by atoms with E-state index in [1.54, 1.807) is 18.5 Å². The lowest BCUT2D eigenvalue weighted by Gasteiger charge is -2.38. The summed E-state index contributed by atoms with van der Waals surface area (Å²) < 4.78 is 25.8. The van der Waals surface area contributed by atoms with Crippen molar-refractivity contribution in [2.75, 3.05) is 42.2 Å². The molecule has 1 amide bonds. The lowest BCUT2D eigenvalue weighted by molar-refractivity contribution is 0.0886. The number of amides is 1. The number of carbonyl (C=O) groups is 1. The van der Waals surface area contributed by atoms with E-state index in [1.165, 1.54) is 0 Å². The van der Waals surface area contributed by atoms with Crippen LogP contribution in [0.1, 0.15) is 5.56 Å². The van der Waals surface area contributed by atoms with Crippen LogP contribution >= 0.6 is 0 Å². The van der Waals surface area contributed by atoms with Gasteiger partial charge in [0.25, 0.3) is 0 Å². The molecule has 9 nitrogen and oxygen atoms in total. The second kappa shape index (κ2) is 7.15. The van der Waals surface area contributed by atoms with Gasteiger partial charge in [0.1, 0.15) is 24.2 Å². The minimum absolute atomic E-state index is 0.0337. The first-order chi connectivity index (χ1) is 14.9. The average Bonchev–Trinajstić information content (AvgIpc) is 2.73. The molecule has 5 N–H and O–H groups in total. The molecule has 0 atom stereocenters. The van der Waals surface area contributed by atoms with Gasteiger partial charge in [0.15, 0.2) is 5.82 Å². The summed E-state index contributed by atoms with van der Waals surface area (Å²) in [6, 6.07) is 3.60. The zero-order chi connectivity index (χ0) is 21.7. The first kappa shape index (κ1) is 19.2. The highest BCUT2D eigenvalue weighted by molar-refractivity contribution is 5.98. The first-order valence-electron chi connectivity index (χ1n) is 9.87. The van der Waals surface area contributed by atoms with Crippen molar-refractivity contribution in [3.63, 3.8) is 0 Å². The van der Waals surface area contributed by atoms with Crippen molar-refractivity contribution in [1.29, 1.82) is 0 Å². The van der Waals surface area contributed by atoms with Gasteiger partial charge in [-0.15, -0.1) is 0 Å². The predicted octanol–water partition coefficient (Wildman–Crippen LogP) is 2.41. The van der Waals surface area contributed by atoms with Gasteiger partial charge in [-0.2, -0.15) is 0 Å². The number of hydrogen-bond acceptors (Lipinski definition) is 8. The number of carbonyl (C=O) groups excluding carboxylic acids is 1. The number of nitrogen functional groups attached to an aromatic ring is 1. The zero-order valence-electron chi connectivity index (χ0n) is 16.8. The fourth-order valence-corrected chi connectivity index (χ4v) is 4.01. The smallest absolute Gasteiger partial charge is 0.404 e. The Hall–Kier alpha value is -3.82. The van der Waals surface area contributed by atoms with Gasteiger partial charge in [0.2, 0.25) is 5.88 Å². The Labute approximate surface area is 177 Å². The number of halogens is 1. The third-order valence-corrected chi connectivity index (χ3v) is 5.68. The molecule has 31 heavy (non-hydrogen) atoms. The molecular formula is C21H21FN6O3. The van der Waals surface area contributed by atoms with Gasteiger partial charge in [0.05, 0.1) is 18.8 Å². The van der Waals surface area contributed by atoms with Gasteiger partial charge < -0.3 is 31.2 Å². The van der Waals surface area contributed by atoms with Gasteiger partial charge in [0, 0.05) is 35.5 Å². The van der Waals surface area contributed by atoms with Crippen molar-refractivity contribution >= 4 is 34.1 Å². The minimum atomic E-state index is -0.794. The Morgan fingerprint density at radius 3 is 2.87 bits per heavy atom. The van der Waals surface area contributed by atoms with Crippen molar-refractivity contribution in [3.8, 4) is 17.0 Å². The number of primary amides is 1. The van der Waals surface area contributed by atoms with Crippen LogP contribution in [0.4, 0.5) is 26.4 Å². The number of fused-ring (bicyclic) bond motifs is 2. The molecular weight excluding hydrogens is 403 g/mol. The first-order valence-corrected chi connectivity index (χ1v) is 9.87. The highest BCUT2D eigenvalue weighted by atomic mass is 19.1. The highest BCUT2D eigenvalue weighted by Gasteiger charge is 2.31. The molecule has 0 aliphatic carbocycles. The number of nitrogens with one attached hydrogen (secondary N) is 1. The summed E-state index contributed by atoms with van der Waals surface area (Å²) in [7, 11) is 0. The summed E-state index contributed by atoms with van der Waals surface area (Å²) >= 11 is 0. The number of anilines is 3. The molecule has 2 aliphatic heterocycles. The molecule has 1 fully saturated rings. The standard InChI is InChI=1S/C21H21FN6O3/c1-10-14(6-27-20-19(10)25-2-3-30-20)13-4-11-5-16(26-7-15(11)18(23)17(13)22)28-8-12(9-28)31-21(24)29/h4-7,12,25H,2-3,8-9,23H2,1H3,(H2,24,29). The number of hydrogen-bond donors (Lipinski definition) is 3. The molecule has 2 aliphatic rings. The van der Waals surface area contributed by atoms with Crippen LogP contribution in [0.3, 0.4) is 0 Å². The number of benzene rings is 1. The van der Waals surface area contributed by atoms with Gasteiger partial charge in [-0.25, -0.2) is 19.2 Å².